The predicted octanol–water partition coefficient (Wildman–Crippen LogP) is 3.32. The molecule has 3 aliphatic rings. The molecule has 3 heterocycles. The number of piperidine rings is 1. The number of hydrogen-bond donors (Lipinski definition) is 1. The van der Waals surface area contributed by atoms with Crippen LogP contribution in [0.2, 0.25) is 0 Å². The van der Waals surface area contributed by atoms with Gasteiger partial charge in [0.15, 0.2) is 0 Å². The zero-order chi connectivity index (χ0) is 25.8. The van der Waals surface area contributed by atoms with Crippen LogP contribution in [0.15, 0.2) is 30.3 Å². The lowest BCUT2D eigenvalue weighted by Crippen LogP contribution is -2.53. The van der Waals surface area contributed by atoms with Crippen LogP contribution in [-0.2, 0) is 20.9 Å². The molecule has 0 spiro atoms. The van der Waals surface area contributed by atoms with Gasteiger partial charge in [-0.15, -0.1) is 0 Å². The van der Waals surface area contributed by atoms with Crippen LogP contribution >= 0.6 is 0 Å². The number of ether oxygens (including phenoxy) is 1. The van der Waals surface area contributed by atoms with Crippen molar-refractivity contribution in [1.29, 1.82) is 0 Å². The summed E-state index contributed by atoms with van der Waals surface area (Å²) in [6.07, 6.45) is 6.85. The largest absolute Gasteiger partial charge is 0.379 e. The van der Waals surface area contributed by atoms with E-state index in [1.165, 1.54) is 44.2 Å². The lowest BCUT2D eigenvalue weighted by molar-refractivity contribution is -0.134. The number of morpholine rings is 1. The van der Waals surface area contributed by atoms with Gasteiger partial charge >= 0.3 is 0 Å². The standard InChI is InChI=1S/C29H38N4O4/c1-31(14-5-3-2-4-6-15-32-16-18-37-19-17-32)20-21-10-11-24-27-22(21)8-7-9-23(27)29(36)33(24)25-12-13-26(34)30-28(25)35/h7-11,25H,2-6,12-20H2,1H3,(H,30,34,35). The molecular weight excluding hydrogens is 468 g/mol. The Labute approximate surface area is 218 Å². The summed E-state index contributed by atoms with van der Waals surface area (Å²) in [5.74, 6) is -0.827. The molecule has 1 unspecified atom stereocenters. The average Bonchev–Trinajstić information content (AvgIpc) is 3.18. The molecule has 3 amide bonds. The number of imide groups is 1. The van der Waals surface area contributed by atoms with Crippen molar-refractivity contribution in [3.8, 4) is 0 Å². The van der Waals surface area contributed by atoms with Crippen LogP contribution < -0.4 is 10.2 Å². The molecule has 37 heavy (non-hydrogen) atoms. The summed E-state index contributed by atoms with van der Waals surface area (Å²) in [4.78, 5) is 43.9. The zero-order valence-corrected chi connectivity index (χ0v) is 21.8. The zero-order valence-electron chi connectivity index (χ0n) is 21.8. The second kappa shape index (κ2) is 11.7. The third-order valence-electron chi connectivity index (χ3n) is 7.90. The van der Waals surface area contributed by atoms with Gasteiger partial charge < -0.3 is 9.64 Å². The van der Waals surface area contributed by atoms with Crippen LogP contribution in [0.25, 0.3) is 10.8 Å². The normalized spacial score (nSPS) is 20.3. The Balaban J connectivity index is 1.15. The number of benzene rings is 2. The highest BCUT2D eigenvalue weighted by Crippen LogP contribution is 2.41. The molecular formula is C29H38N4O4. The number of unbranched alkanes of at least 4 members (excludes halogenated alkanes) is 4. The van der Waals surface area contributed by atoms with E-state index in [0.29, 0.717) is 12.0 Å². The Morgan fingerprint density at radius 1 is 1.00 bits per heavy atom. The van der Waals surface area contributed by atoms with Crippen molar-refractivity contribution in [2.45, 2.75) is 57.5 Å². The molecule has 2 aromatic carbocycles. The molecule has 5 rings (SSSR count). The SMILES string of the molecule is CN(CCCCCCCN1CCOCC1)Cc1ccc2c3c(cccc13)C(=O)N2C1CCC(=O)NC1=O. The lowest BCUT2D eigenvalue weighted by Gasteiger charge is -2.30. The summed E-state index contributed by atoms with van der Waals surface area (Å²) in [7, 11) is 2.16. The van der Waals surface area contributed by atoms with Crippen molar-refractivity contribution >= 4 is 34.2 Å². The number of rotatable bonds is 11. The van der Waals surface area contributed by atoms with Gasteiger partial charge in [-0.1, -0.05) is 37.5 Å². The molecule has 0 saturated carbocycles. The van der Waals surface area contributed by atoms with Crippen molar-refractivity contribution in [2.24, 2.45) is 0 Å². The monoisotopic (exact) mass is 506 g/mol. The fourth-order valence-electron chi connectivity index (χ4n) is 5.88. The maximum absolute atomic E-state index is 13.3. The average molecular weight is 507 g/mol. The maximum Gasteiger partial charge on any atom is 0.259 e. The first-order valence-electron chi connectivity index (χ1n) is 13.7. The molecule has 1 N–H and O–H groups in total. The second-order valence-electron chi connectivity index (χ2n) is 10.6. The topological polar surface area (TPSA) is 82.2 Å². The molecule has 2 aromatic rings. The minimum Gasteiger partial charge on any atom is -0.379 e. The van der Waals surface area contributed by atoms with Crippen LogP contribution in [0.4, 0.5) is 5.69 Å². The fourth-order valence-corrected chi connectivity index (χ4v) is 5.88. The van der Waals surface area contributed by atoms with Crippen LogP contribution in [0.3, 0.4) is 0 Å². The van der Waals surface area contributed by atoms with Gasteiger partial charge in [-0.3, -0.25) is 29.5 Å². The summed E-state index contributed by atoms with van der Waals surface area (Å²) >= 11 is 0. The van der Waals surface area contributed by atoms with E-state index in [2.05, 4.69) is 34.3 Å². The van der Waals surface area contributed by atoms with E-state index in [0.717, 1.165) is 55.9 Å². The smallest absolute Gasteiger partial charge is 0.259 e. The Hall–Kier alpha value is -2.81. The van der Waals surface area contributed by atoms with Crippen molar-refractivity contribution in [3.63, 3.8) is 0 Å². The van der Waals surface area contributed by atoms with E-state index in [1.807, 2.05) is 18.2 Å². The lowest BCUT2D eigenvalue weighted by atomic mass is 9.99. The first-order valence-corrected chi connectivity index (χ1v) is 13.7. The Kier molecular flexibility index (Phi) is 8.17. The third kappa shape index (κ3) is 5.71. The molecule has 0 aromatic heterocycles. The summed E-state index contributed by atoms with van der Waals surface area (Å²) in [6, 6.07) is 9.24. The maximum atomic E-state index is 13.3. The Bertz CT molecular complexity index is 1160. The summed E-state index contributed by atoms with van der Waals surface area (Å²) in [6.45, 7) is 6.94. The van der Waals surface area contributed by atoms with Crippen molar-refractivity contribution in [2.75, 3.05) is 51.3 Å². The van der Waals surface area contributed by atoms with Crippen molar-refractivity contribution < 1.29 is 19.1 Å². The highest BCUT2D eigenvalue weighted by Gasteiger charge is 2.40. The molecule has 0 aliphatic carbocycles. The van der Waals surface area contributed by atoms with E-state index in [4.69, 9.17) is 4.74 Å². The van der Waals surface area contributed by atoms with E-state index in [1.54, 1.807) is 4.90 Å². The number of nitrogens with zero attached hydrogens (tertiary/aromatic N) is 3. The summed E-state index contributed by atoms with van der Waals surface area (Å²) in [5, 5.41) is 4.37. The number of hydrogen-bond acceptors (Lipinski definition) is 6. The van der Waals surface area contributed by atoms with Gasteiger partial charge in [-0.25, -0.2) is 0 Å². The highest BCUT2D eigenvalue weighted by molar-refractivity contribution is 6.27. The molecule has 1 atom stereocenters. The van der Waals surface area contributed by atoms with Crippen LogP contribution in [-0.4, -0.2) is 80.0 Å². The van der Waals surface area contributed by atoms with Gasteiger partial charge in [0.1, 0.15) is 6.04 Å². The van der Waals surface area contributed by atoms with Gasteiger partial charge in [0.2, 0.25) is 11.8 Å². The van der Waals surface area contributed by atoms with Gasteiger partial charge in [0, 0.05) is 37.0 Å². The van der Waals surface area contributed by atoms with Crippen LogP contribution in [0.1, 0.15) is 60.9 Å². The molecule has 2 fully saturated rings. The first-order chi connectivity index (χ1) is 18.0. The summed E-state index contributed by atoms with van der Waals surface area (Å²) in [5.41, 5.74) is 2.60. The van der Waals surface area contributed by atoms with Crippen LogP contribution in [0.5, 0.6) is 0 Å². The second-order valence-corrected chi connectivity index (χ2v) is 10.6. The van der Waals surface area contributed by atoms with Crippen molar-refractivity contribution in [1.82, 2.24) is 15.1 Å². The molecule has 2 saturated heterocycles. The number of carbonyl (C=O) groups excluding carboxylic acids is 3. The molecule has 3 aliphatic heterocycles. The third-order valence-corrected chi connectivity index (χ3v) is 7.90. The molecule has 8 heteroatoms. The number of anilines is 1. The predicted molar refractivity (Wildman–Crippen MR) is 144 cm³/mol. The minimum atomic E-state index is -0.650. The Morgan fingerprint density at radius 2 is 1.78 bits per heavy atom. The number of amides is 3. The number of carbonyl (C=O) groups is 3. The van der Waals surface area contributed by atoms with Crippen molar-refractivity contribution in [3.05, 3.63) is 41.5 Å². The van der Waals surface area contributed by atoms with E-state index in [9.17, 15) is 14.4 Å². The molecule has 0 radical (unpaired) electrons. The molecule has 0 bridgehead atoms. The molecule has 8 nitrogen and oxygen atoms in total. The first kappa shape index (κ1) is 25.8. The van der Waals surface area contributed by atoms with Gasteiger partial charge in [0.05, 0.1) is 18.9 Å². The van der Waals surface area contributed by atoms with Crippen LogP contribution in [0, 0.1) is 0 Å². The number of nitrogens with one attached hydrogen (secondary N) is 1. The quantitative estimate of drug-likeness (QED) is 0.372. The van der Waals surface area contributed by atoms with E-state index < -0.39 is 11.9 Å². The minimum absolute atomic E-state index is 0.158. The van der Waals surface area contributed by atoms with E-state index in [-0.39, 0.29) is 18.2 Å². The van der Waals surface area contributed by atoms with Gasteiger partial charge in [-0.05, 0) is 62.5 Å². The molecule has 198 valence electrons. The van der Waals surface area contributed by atoms with Gasteiger partial charge in [0.25, 0.3) is 5.91 Å². The van der Waals surface area contributed by atoms with Gasteiger partial charge in [-0.2, -0.15) is 0 Å². The fraction of sp³-hybridized carbons (Fsp3) is 0.552. The van der Waals surface area contributed by atoms with E-state index >= 15 is 0 Å². The Morgan fingerprint density at radius 3 is 2.59 bits per heavy atom. The summed E-state index contributed by atoms with van der Waals surface area (Å²) < 4.78 is 5.42. The highest BCUT2D eigenvalue weighted by atomic mass is 16.5.